The molecular weight excluding hydrogens is 294 g/mol. The van der Waals surface area contributed by atoms with Crippen molar-refractivity contribution in [1.82, 2.24) is 9.71 Å². The van der Waals surface area contributed by atoms with Crippen molar-refractivity contribution >= 4 is 10.0 Å². The van der Waals surface area contributed by atoms with Crippen LogP contribution in [0.2, 0.25) is 0 Å². The van der Waals surface area contributed by atoms with Crippen LogP contribution >= 0.6 is 0 Å². The van der Waals surface area contributed by atoms with Gasteiger partial charge in [0.15, 0.2) is 0 Å². The number of aromatic nitrogens is 1. The molecule has 0 unspecified atom stereocenters. The molecule has 114 valence electrons. The second-order valence-electron chi connectivity index (χ2n) is 4.37. The largest absolute Gasteiger partial charge is 0.481 e. The average Bonchev–Trinajstić information content (AvgIpc) is 2.88. The number of nitrogens with one attached hydrogen (secondary N) is 1. The van der Waals surface area contributed by atoms with Crippen LogP contribution in [-0.4, -0.2) is 20.5 Å². The van der Waals surface area contributed by atoms with Crippen molar-refractivity contribution in [2.75, 3.05) is 7.11 Å². The van der Waals surface area contributed by atoms with Crippen LogP contribution in [0.25, 0.3) is 0 Å². The van der Waals surface area contributed by atoms with Crippen molar-refractivity contribution in [3.8, 4) is 5.88 Å². The van der Waals surface area contributed by atoms with Crippen LogP contribution in [0.3, 0.4) is 0 Å². The Labute approximate surface area is 123 Å². The van der Waals surface area contributed by atoms with Crippen LogP contribution in [0, 0.1) is 6.92 Å². The Morgan fingerprint density at radius 2 is 2.19 bits per heavy atom. The van der Waals surface area contributed by atoms with Crippen LogP contribution in [-0.2, 0) is 23.1 Å². The highest BCUT2D eigenvalue weighted by Crippen LogP contribution is 2.20. The molecule has 0 aromatic carbocycles. The molecule has 0 saturated carbocycles. The summed E-state index contributed by atoms with van der Waals surface area (Å²) in [5.41, 5.74) is 6.16. The van der Waals surface area contributed by atoms with E-state index < -0.39 is 10.0 Å². The Hall–Kier alpha value is -1.90. The van der Waals surface area contributed by atoms with Crippen molar-refractivity contribution in [1.29, 1.82) is 0 Å². The molecule has 2 heterocycles. The molecule has 0 radical (unpaired) electrons. The van der Waals surface area contributed by atoms with Crippen LogP contribution in [0.15, 0.2) is 33.7 Å². The van der Waals surface area contributed by atoms with Crippen LogP contribution in [0.5, 0.6) is 5.88 Å². The van der Waals surface area contributed by atoms with Crippen LogP contribution in [0.4, 0.5) is 0 Å². The highest BCUT2D eigenvalue weighted by molar-refractivity contribution is 7.89. The smallest absolute Gasteiger partial charge is 0.244 e. The number of pyridine rings is 1. The number of sulfonamides is 1. The molecule has 7 nitrogen and oxygen atoms in total. The van der Waals surface area contributed by atoms with Gasteiger partial charge in [0, 0.05) is 24.9 Å². The number of nitrogens with two attached hydrogens (primary N) is 1. The van der Waals surface area contributed by atoms with E-state index >= 15 is 0 Å². The zero-order valence-corrected chi connectivity index (χ0v) is 12.6. The minimum absolute atomic E-state index is 0.101. The fourth-order valence-corrected chi connectivity index (χ4v) is 3.00. The molecule has 0 aliphatic rings. The van der Waals surface area contributed by atoms with Gasteiger partial charge in [0.1, 0.15) is 16.4 Å². The summed E-state index contributed by atoms with van der Waals surface area (Å²) >= 11 is 0. The summed E-state index contributed by atoms with van der Waals surface area (Å²) in [6.07, 6.45) is 1.55. The first-order valence-electron chi connectivity index (χ1n) is 6.24. The number of hydrogen-bond donors (Lipinski definition) is 2. The molecule has 0 amide bonds. The average molecular weight is 311 g/mol. The van der Waals surface area contributed by atoms with E-state index in [-0.39, 0.29) is 18.0 Å². The number of methoxy groups -OCH3 is 1. The molecule has 0 bridgehead atoms. The number of hydrogen-bond acceptors (Lipinski definition) is 6. The topological polar surface area (TPSA) is 107 Å². The number of furan rings is 1. The van der Waals surface area contributed by atoms with E-state index in [0.717, 1.165) is 5.56 Å². The number of aryl methyl sites for hydroxylation is 1. The van der Waals surface area contributed by atoms with E-state index in [1.807, 2.05) is 0 Å². The van der Waals surface area contributed by atoms with E-state index in [4.69, 9.17) is 14.9 Å². The van der Waals surface area contributed by atoms with Gasteiger partial charge in [-0.25, -0.2) is 18.1 Å². The van der Waals surface area contributed by atoms with Gasteiger partial charge in [-0.3, -0.25) is 0 Å². The maximum atomic E-state index is 12.2. The Bertz CT molecular complexity index is 708. The zero-order valence-electron chi connectivity index (χ0n) is 11.8. The molecule has 21 heavy (non-hydrogen) atoms. The Balaban J connectivity index is 2.11. The lowest BCUT2D eigenvalue weighted by atomic mass is 10.3. The summed E-state index contributed by atoms with van der Waals surface area (Å²) in [5, 5.41) is 0. The molecule has 8 heteroatoms. The van der Waals surface area contributed by atoms with Crippen molar-refractivity contribution in [2.24, 2.45) is 5.73 Å². The van der Waals surface area contributed by atoms with Gasteiger partial charge in [0.2, 0.25) is 15.9 Å². The summed E-state index contributed by atoms with van der Waals surface area (Å²) in [4.78, 5) is 4.11. The highest BCUT2D eigenvalue weighted by atomic mass is 32.2. The van der Waals surface area contributed by atoms with Gasteiger partial charge >= 0.3 is 0 Å². The highest BCUT2D eigenvalue weighted by Gasteiger charge is 2.20. The predicted octanol–water partition coefficient (Wildman–Crippen LogP) is 0.929. The van der Waals surface area contributed by atoms with E-state index in [2.05, 4.69) is 9.71 Å². The molecule has 0 saturated heterocycles. The van der Waals surface area contributed by atoms with Gasteiger partial charge in [0.25, 0.3) is 0 Å². The van der Waals surface area contributed by atoms with Gasteiger partial charge in [-0.15, -0.1) is 0 Å². The predicted molar refractivity (Wildman–Crippen MR) is 76.2 cm³/mol. The van der Waals surface area contributed by atoms with Crippen LogP contribution < -0.4 is 15.2 Å². The van der Waals surface area contributed by atoms with E-state index in [1.54, 1.807) is 25.3 Å². The molecule has 3 N–H and O–H groups in total. The first-order chi connectivity index (χ1) is 9.96. The molecule has 0 atom stereocenters. The van der Waals surface area contributed by atoms with Gasteiger partial charge in [0.05, 0.1) is 13.7 Å². The summed E-state index contributed by atoms with van der Waals surface area (Å²) in [6.45, 7) is 1.86. The zero-order chi connectivity index (χ0) is 15.5. The van der Waals surface area contributed by atoms with Gasteiger partial charge < -0.3 is 14.9 Å². The van der Waals surface area contributed by atoms with Crippen LogP contribution in [0.1, 0.15) is 17.1 Å². The van der Waals surface area contributed by atoms with Crippen molar-refractivity contribution in [3.63, 3.8) is 0 Å². The molecule has 2 aromatic heterocycles. The summed E-state index contributed by atoms with van der Waals surface area (Å²) in [6, 6.07) is 4.84. The van der Waals surface area contributed by atoms with Gasteiger partial charge in [-0.1, -0.05) is 6.07 Å². The Kier molecular flexibility index (Phi) is 4.61. The molecule has 0 spiro atoms. The maximum absolute atomic E-state index is 12.2. The molecule has 0 fully saturated rings. The number of ether oxygens (including phenoxy) is 1. The number of nitrogens with zero attached hydrogens (tertiary/aromatic N) is 1. The van der Waals surface area contributed by atoms with E-state index in [1.165, 1.54) is 13.2 Å². The molecule has 2 aromatic rings. The lowest BCUT2D eigenvalue weighted by Crippen LogP contribution is -2.23. The second-order valence-corrected chi connectivity index (χ2v) is 6.11. The summed E-state index contributed by atoms with van der Waals surface area (Å²) < 4.78 is 37.1. The Morgan fingerprint density at radius 1 is 1.43 bits per heavy atom. The third-order valence-electron chi connectivity index (χ3n) is 2.89. The first kappa shape index (κ1) is 15.5. The molecular formula is C13H17N3O4S. The third kappa shape index (κ3) is 3.60. The van der Waals surface area contributed by atoms with E-state index in [9.17, 15) is 8.42 Å². The summed E-state index contributed by atoms with van der Waals surface area (Å²) in [5.74, 6) is 1.22. The molecule has 0 aliphatic carbocycles. The molecule has 0 aliphatic heterocycles. The fraction of sp³-hybridized carbons (Fsp3) is 0.308. The van der Waals surface area contributed by atoms with Gasteiger partial charge in [-0.2, -0.15) is 0 Å². The fourth-order valence-electron chi connectivity index (χ4n) is 1.78. The quantitative estimate of drug-likeness (QED) is 0.821. The maximum Gasteiger partial charge on any atom is 0.244 e. The van der Waals surface area contributed by atoms with Crippen molar-refractivity contribution in [2.45, 2.75) is 24.9 Å². The minimum atomic E-state index is -3.65. The summed E-state index contributed by atoms with van der Waals surface area (Å²) in [7, 11) is -2.14. The van der Waals surface area contributed by atoms with Crippen molar-refractivity contribution in [3.05, 3.63) is 41.5 Å². The van der Waals surface area contributed by atoms with Crippen molar-refractivity contribution < 1.29 is 17.6 Å². The van der Waals surface area contributed by atoms with Gasteiger partial charge in [-0.05, 0) is 12.5 Å². The SMILES string of the molecule is COc1ccc(CNS(=O)(=O)c2cc(CN)oc2C)cn1. The first-order valence-corrected chi connectivity index (χ1v) is 7.72. The normalized spacial score (nSPS) is 11.6. The second kappa shape index (κ2) is 6.25. The lowest BCUT2D eigenvalue weighted by Gasteiger charge is -2.06. The standard InChI is InChI=1S/C13H17N3O4S/c1-9-12(5-11(6-14)20-9)21(17,18)16-8-10-3-4-13(19-2)15-7-10/h3-5,7,16H,6,8,14H2,1-2H3. The Morgan fingerprint density at radius 3 is 2.71 bits per heavy atom. The third-order valence-corrected chi connectivity index (χ3v) is 4.40. The lowest BCUT2D eigenvalue weighted by molar-refractivity contribution is 0.397. The van der Waals surface area contributed by atoms with E-state index in [0.29, 0.717) is 17.4 Å². The minimum Gasteiger partial charge on any atom is -0.481 e. The molecule has 2 rings (SSSR count). The monoisotopic (exact) mass is 311 g/mol. The number of rotatable bonds is 6.